The second-order valence-corrected chi connectivity index (χ2v) is 6.95. The quantitative estimate of drug-likeness (QED) is 0.674. The van der Waals surface area contributed by atoms with Crippen molar-refractivity contribution in [2.45, 2.75) is 13.5 Å². The lowest BCUT2D eigenvalue weighted by molar-refractivity contribution is 0.0951. The fraction of sp³-hybridized carbons (Fsp3) is 0.353. The topological polar surface area (TPSA) is 83.3 Å². The molecule has 0 aromatic carbocycles. The molecule has 0 saturated heterocycles. The molecular formula is C17H21N5O2S. The average molecular weight is 359 g/mol. The van der Waals surface area contributed by atoms with E-state index in [-0.39, 0.29) is 5.91 Å². The summed E-state index contributed by atoms with van der Waals surface area (Å²) in [4.78, 5) is 24.7. The number of amides is 1. The lowest BCUT2D eigenvalue weighted by atomic mass is 10.2. The summed E-state index contributed by atoms with van der Waals surface area (Å²) < 4.78 is 5.24. The Bertz CT molecular complexity index is 857. The minimum atomic E-state index is -0.129. The van der Waals surface area contributed by atoms with Gasteiger partial charge in [0.25, 0.3) is 5.91 Å². The largest absolute Gasteiger partial charge is 0.467 e. The molecular weight excluding hydrogens is 338 g/mol. The summed E-state index contributed by atoms with van der Waals surface area (Å²) in [5.41, 5.74) is 0.893. The Balaban J connectivity index is 1.79. The SMILES string of the molecule is Cc1c(C(=O)NCc2ccco2)sc2ncnc(NCCN(C)C)c12. The highest BCUT2D eigenvalue weighted by molar-refractivity contribution is 7.20. The number of hydrogen-bond donors (Lipinski definition) is 2. The van der Waals surface area contributed by atoms with Gasteiger partial charge < -0.3 is 20.0 Å². The lowest BCUT2D eigenvalue weighted by Gasteiger charge is -2.11. The van der Waals surface area contributed by atoms with Crippen molar-refractivity contribution in [3.63, 3.8) is 0 Å². The Kier molecular flexibility index (Phi) is 5.30. The van der Waals surface area contributed by atoms with Crippen molar-refractivity contribution in [2.75, 3.05) is 32.5 Å². The zero-order chi connectivity index (χ0) is 17.8. The molecule has 8 heteroatoms. The number of furan rings is 1. The highest BCUT2D eigenvalue weighted by Gasteiger charge is 2.19. The van der Waals surface area contributed by atoms with Gasteiger partial charge in [-0.2, -0.15) is 0 Å². The van der Waals surface area contributed by atoms with E-state index < -0.39 is 0 Å². The first-order chi connectivity index (χ1) is 12.1. The fourth-order valence-corrected chi connectivity index (χ4v) is 3.55. The Morgan fingerprint density at radius 3 is 2.92 bits per heavy atom. The van der Waals surface area contributed by atoms with E-state index in [9.17, 15) is 4.79 Å². The maximum absolute atomic E-state index is 12.5. The molecule has 0 aliphatic heterocycles. The van der Waals surface area contributed by atoms with Gasteiger partial charge >= 0.3 is 0 Å². The number of hydrogen-bond acceptors (Lipinski definition) is 7. The first-order valence-corrected chi connectivity index (χ1v) is 8.81. The van der Waals surface area contributed by atoms with Crippen LogP contribution in [0.5, 0.6) is 0 Å². The van der Waals surface area contributed by atoms with Gasteiger partial charge in [0.15, 0.2) is 0 Å². The van der Waals surface area contributed by atoms with E-state index >= 15 is 0 Å². The number of fused-ring (bicyclic) bond motifs is 1. The number of carbonyl (C=O) groups is 1. The number of aryl methyl sites for hydroxylation is 1. The van der Waals surface area contributed by atoms with Crippen LogP contribution in [-0.4, -0.2) is 48.0 Å². The standard InChI is InChI=1S/C17H21N5O2S/c1-11-13-15(18-6-7-22(2)3)20-10-21-17(13)25-14(11)16(23)19-9-12-5-4-8-24-12/h4-5,8,10H,6-7,9H2,1-3H3,(H,19,23)(H,18,20,21). The van der Waals surface area contributed by atoms with Gasteiger partial charge in [-0.3, -0.25) is 4.79 Å². The molecule has 0 bridgehead atoms. The minimum Gasteiger partial charge on any atom is -0.467 e. The number of nitrogens with one attached hydrogen (secondary N) is 2. The Labute approximate surface area is 150 Å². The lowest BCUT2D eigenvalue weighted by Crippen LogP contribution is -2.22. The first kappa shape index (κ1) is 17.4. The van der Waals surface area contributed by atoms with Crippen LogP contribution in [-0.2, 0) is 6.54 Å². The molecule has 3 aromatic heterocycles. The molecule has 1 amide bonds. The van der Waals surface area contributed by atoms with E-state index in [0.717, 1.165) is 40.4 Å². The number of anilines is 1. The van der Waals surface area contributed by atoms with Crippen molar-refractivity contribution >= 4 is 33.3 Å². The molecule has 0 aliphatic carbocycles. The Morgan fingerprint density at radius 2 is 2.20 bits per heavy atom. The van der Waals surface area contributed by atoms with E-state index in [1.165, 1.54) is 17.7 Å². The maximum Gasteiger partial charge on any atom is 0.262 e. The summed E-state index contributed by atoms with van der Waals surface area (Å²) in [5.74, 6) is 1.36. The van der Waals surface area contributed by atoms with Crippen LogP contribution < -0.4 is 10.6 Å². The van der Waals surface area contributed by atoms with Gasteiger partial charge in [-0.15, -0.1) is 11.3 Å². The van der Waals surface area contributed by atoms with Crippen molar-refractivity contribution in [2.24, 2.45) is 0 Å². The third kappa shape index (κ3) is 3.97. The fourth-order valence-electron chi connectivity index (χ4n) is 2.48. The van der Waals surface area contributed by atoms with E-state index in [4.69, 9.17) is 4.42 Å². The Hall–Kier alpha value is -2.45. The van der Waals surface area contributed by atoms with E-state index in [1.807, 2.05) is 27.1 Å². The van der Waals surface area contributed by atoms with Crippen LogP contribution in [0.3, 0.4) is 0 Å². The van der Waals surface area contributed by atoms with Gasteiger partial charge in [0.1, 0.15) is 22.7 Å². The number of likely N-dealkylation sites (N-methyl/N-ethyl adjacent to an activating group) is 1. The number of nitrogens with zero attached hydrogens (tertiary/aromatic N) is 3. The third-order valence-corrected chi connectivity index (χ3v) is 4.99. The third-order valence-electron chi connectivity index (χ3n) is 3.79. The minimum absolute atomic E-state index is 0.129. The summed E-state index contributed by atoms with van der Waals surface area (Å²) in [6.07, 6.45) is 3.12. The van der Waals surface area contributed by atoms with Crippen LogP contribution >= 0.6 is 11.3 Å². The molecule has 0 aliphatic rings. The van der Waals surface area contributed by atoms with Crippen LogP contribution in [0.15, 0.2) is 29.1 Å². The zero-order valence-corrected chi connectivity index (χ0v) is 15.3. The summed E-state index contributed by atoms with van der Waals surface area (Å²) in [7, 11) is 4.04. The highest BCUT2D eigenvalue weighted by atomic mass is 32.1. The van der Waals surface area contributed by atoms with E-state index in [0.29, 0.717) is 11.4 Å². The highest BCUT2D eigenvalue weighted by Crippen LogP contribution is 2.33. The first-order valence-electron chi connectivity index (χ1n) is 7.99. The van der Waals surface area contributed by atoms with Crippen molar-refractivity contribution in [1.29, 1.82) is 0 Å². The summed E-state index contributed by atoms with van der Waals surface area (Å²) in [6.45, 7) is 3.96. The van der Waals surface area contributed by atoms with Crippen LogP contribution in [0, 0.1) is 6.92 Å². The molecule has 0 spiro atoms. The summed E-state index contributed by atoms with van der Waals surface area (Å²) in [5, 5.41) is 7.13. The smallest absolute Gasteiger partial charge is 0.262 e. The number of rotatable bonds is 7. The molecule has 0 atom stereocenters. The average Bonchev–Trinajstić information content (AvgIpc) is 3.21. The normalized spacial score (nSPS) is 11.2. The molecule has 2 N–H and O–H groups in total. The van der Waals surface area contributed by atoms with Crippen molar-refractivity contribution < 1.29 is 9.21 Å². The maximum atomic E-state index is 12.5. The molecule has 3 heterocycles. The van der Waals surface area contributed by atoms with Crippen molar-refractivity contribution in [1.82, 2.24) is 20.2 Å². The van der Waals surface area contributed by atoms with Gasteiger partial charge in [-0.1, -0.05) is 0 Å². The predicted octanol–water partition coefficient (Wildman–Crippen LogP) is 2.50. The molecule has 0 saturated carbocycles. The molecule has 3 rings (SSSR count). The van der Waals surface area contributed by atoms with Gasteiger partial charge in [-0.25, -0.2) is 9.97 Å². The van der Waals surface area contributed by atoms with Crippen LogP contribution in [0.4, 0.5) is 5.82 Å². The molecule has 0 fully saturated rings. The van der Waals surface area contributed by atoms with Gasteiger partial charge in [0.2, 0.25) is 0 Å². The van der Waals surface area contributed by atoms with E-state index in [2.05, 4.69) is 25.5 Å². The number of carbonyl (C=O) groups excluding carboxylic acids is 1. The summed E-state index contributed by atoms with van der Waals surface area (Å²) >= 11 is 1.38. The number of aromatic nitrogens is 2. The van der Waals surface area contributed by atoms with Crippen LogP contribution in [0.2, 0.25) is 0 Å². The van der Waals surface area contributed by atoms with Gasteiger partial charge in [0, 0.05) is 13.1 Å². The zero-order valence-electron chi connectivity index (χ0n) is 14.5. The van der Waals surface area contributed by atoms with Crippen molar-refractivity contribution in [3.8, 4) is 0 Å². The van der Waals surface area contributed by atoms with Crippen LogP contribution in [0.1, 0.15) is 21.0 Å². The molecule has 25 heavy (non-hydrogen) atoms. The molecule has 132 valence electrons. The van der Waals surface area contributed by atoms with E-state index in [1.54, 1.807) is 12.3 Å². The predicted molar refractivity (Wildman–Crippen MR) is 99.1 cm³/mol. The second-order valence-electron chi connectivity index (χ2n) is 5.95. The molecule has 7 nitrogen and oxygen atoms in total. The van der Waals surface area contributed by atoms with Crippen molar-refractivity contribution in [3.05, 3.63) is 40.9 Å². The monoisotopic (exact) mass is 359 g/mol. The molecule has 0 unspecified atom stereocenters. The summed E-state index contributed by atoms with van der Waals surface area (Å²) in [6, 6.07) is 3.63. The Morgan fingerprint density at radius 1 is 1.36 bits per heavy atom. The molecule has 3 aromatic rings. The van der Waals surface area contributed by atoms with Gasteiger partial charge in [-0.05, 0) is 38.7 Å². The second kappa shape index (κ2) is 7.62. The molecule has 0 radical (unpaired) electrons. The van der Waals surface area contributed by atoms with Gasteiger partial charge in [0.05, 0.1) is 23.1 Å². The van der Waals surface area contributed by atoms with Crippen LogP contribution in [0.25, 0.3) is 10.2 Å². The number of thiophene rings is 1.